The zero-order chi connectivity index (χ0) is 9.57. The van der Waals surface area contributed by atoms with E-state index in [-0.39, 0.29) is 70.0 Å². The predicted octanol–water partition coefficient (Wildman–Crippen LogP) is -0.403. The molecule has 0 saturated heterocycles. The van der Waals surface area contributed by atoms with Gasteiger partial charge in [-0.3, -0.25) is 4.79 Å². The Morgan fingerprint density at radius 3 is 2.00 bits per heavy atom. The third-order valence-electron chi connectivity index (χ3n) is 2.56. The van der Waals surface area contributed by atoms with Crippen molar-refractivity contribution in [1.82, 2.24) is 0 Å². The summed E-state index contributed by atoms with van der Waals surface area (Å²) in [6.07, 6.45) is -0.241. The minimum absolute atomic E-state index is 0. The molecule has 0 N–H and O–H groups in total. The Kier molecular flexibility index (Phi) is 4.74. The maximum absolute atomic E-state index is 12.3. The second-order valence-corrected chi connectivity index (χ2v) is 4.14. The van der Waals surface area contributed by atoms with Gasteiger partial charge in [0.2, 0.25) is 0 Å². The molecular formula is C7H11BF3KO. The molecule has 1 atom stereocenters. The number of hydrogen-bond acceptors (Lipinski definition) is 1. The van der Waals surface area contributed by atoms with Gasteiger partial charge in [0, 0.05) is 6.42 Å². The van der Waals surface area contributed by atoms with E-state index in [0.29, 0.717) is 0 Å². The van der Waals surface area contributed by atoms with Crippen LogP contribution in [0.2, 0.25) is 5.82 Å². The van der Waals surface area contributed by atoms with Crippen molar-refractivity contribution in [1.29, 1.82) is 0 Å². The summed E-state index contributed by atoms with van der Waals surface area (Å²) in [5.74, 6) is -1.64. The number of rotatable bonds is 1. The molecule has 0 aromatic heterocycles. The van der Waals surface area contributed by atoms with Crippen LogP contribution in [0.1, 0.15) is 26.7 Å². The van der Waals surface area contributed by atoms with Crippen molar-refractivity contribution < 1.29 is 69.1 Å². The van der Waals surface area contributed by atoms with E-state index in [2.05, 4.69) is 0 Å². The average molecular weight is 218 g/mol. The van der Waals surface area contributed by atoms with Crippen molar-refractivity contribution in [2.45, 2.75) is 32.5 Å². The number of Topliss-reactive ketones (excluding diaryl/α,β-unsaturated/α-hetero) is 1. The first-order valence-corrected chi connectivity index (χ1v) is 3.95. The number of halogens is 3. The van der Waals surface area contributed by atoms with Crippen LogP contribution in [-0.2, 0) is 4.79 Å². The maximum atomic E-state index is 12.3. The molecule has 0 spiro atoms. The first-order valence-electron chi connectivity index (χ1n) is 3.95. The van der Waals surface area contributed by atoms with Gasteiger partial charge in [-0.2, -0.15) is 0 Å². The van der Waals surface area contributed by atoms with E-state index in [0.717, 1.165) is 0 Å². The topological polar surface area (TPSA) is 17.1 Å². The molecule has 0 bridgehead atoms. The summed E-state index contributed by atoms with van der Waals surface area (Å²) in [6, 6.07) is 0. The predicted molar refractivity (Wildman–Crippen MR) is 40.9 cm³/mol. The molecular weight excluding hydrogens is 207 g/mol. The van der Waals surface area contributed by atoms with Crippen LogP contribution in [0.25, 0.3) is 0 Å². The molecule has 0 aliphatic heterocycles. The molecule has 1 rings (SSSR count). The van der Waals surface area contributed by atoms with Gasteiger partial charge >= 0.3 is 58.4 Å². The van der Waals surface area contributed by atoms with Crippen molar-refractivity contribution in [3.05, 3.63) is 0 Å². The van der Waals surface area contributed by atoms with E-state index < -0.39 is 18.2 Å². The van der Waals surface area contributed by atoms with Crippen LogP contribution in [0.4, 0.5) is 12.9 Å². The number of ketones is 1. The maximum Gasteiger partial charge on any atom is 1.00 e. The van der Waals surface area contributed by atoms with Gasteiger partial charge in [0.15, 0.2) is 0 Å². The SMILES string of the molecule is CC1(C)CC(=O)CC1[B-](F)(F)F.[K+]. The summed E-state index contributed by atoms with van der Waals surface area (Å²) in [5, 5.41) is 0. The molecule has 1 aliphatic carbocycles. The first-order chi connectivity index (χ1) is 5.23. The summed E-state index contributed by atoms with van der Waals surface area (Å²) in [7, 11) is 0. The Balaban J connectivity index is 0.00000144. The summed E-state index contributed by atoms with van der Waals surface area (Å²) >= 11 is 0. The Morgan fingerprint density at radius 2 is 1.85 bits per heavy atom. The standard InChI is InChI=1S/C7H11BF3O.K/c1-7(2)4-5(12)3-6(7)8(9,10)11;/h6H,3-4H2,1-2H3;/q-1;+1. The average Bonchev–Trinajstić information content (AvgIpc) is 2.02. The van der Waals surface area contributed by atoms with Gasteiger partial charge in [0.25, 0.3) is 0 Å². The monoisotopic (exact) mass is 218 g/mol. The van der Waals surface area contributed by atoms with E-state index in [1.807, 2.05) is 0 Å². The number of carbonyl (C=O) groups excluding carboxylic acids is 1. The quantitative estimate of drug-likeness (QED) is 0.547. The third kappa shape index (κ3) is 3.34. The van der Waals surface area contributed by atoms with E-state index in [1.54, 1.807) is 0 Å². The molecule has 1 fully saturated rings. The van der Waals surface area contributed by atoms with Crippen LogP contribution >= 0.6 is 0 Å². The molecule has 0 aromatic carbocycles. The van der Waals surface area contributed by atoms with E-state index in [4.69, 9.17) is 0 Å². The summed E-state index contributed by atoms with van der Waals surface area (Å²) < 4.78 is 37.0. The number of carbonyl (C=O) groups is 1. The van der Waals surface area contributed by atoms with Gasteiger partial charge in [-0.05, 0) is 11.8 Å². The summed E-state index contributed by atoms with van der Waals surface area (Å²) in [4.78, 5) is 10.8. The van der Waals surface area contributed by atoms with Gasteiger partial charge < -0.3 is 12.9 Å². The first kappa shape index (κ1) is 14.2. The van der Waals surface area contributed by atoms with Gasteiger partial charge in [-0.1, -0.05) is 19.7 Å². The molecule has 0 radical (unpaired) electrons. The molecule has 1 saturated carbocycles. The van der Waals surface area contributed by atoms with Crippen LogP contribution in [-0.4, -0.2) is 12.8 Å². The van der Waals surface area contributed by atoms with Gasteiger partial charge in [0.05, 0.1) is 0 Å². The minimum atomic E-state index is -4.85. The fraction of sp³-hybridized carbons (Fsp3) is 0.857. The van der Waals surface area contributed by atoms with Crippen LogP contribution in [0.3, 0.4) is 0 Å². The Labute approximate surface area is 118 Å². The van der Waals surface area contributed by atoms with Crippen molar-refractivity contribution in [2.75, 3.05) is 0 Å². The largest absolute Gasteiger partial charge is 1.00 e. The molecule has 0 aromatic rings. The van der Waals surface area contributed by atoms with Crippen LogP contribution in [0.5, 0.6) is 0 Å². The molecule has 1 unspecified atom stereocenters. The van der Waals surface area contributed by atoms with E-state index in [1.165, 1.54) is 13.8 Å². The second-order valence-electron chi connectivity index (χ2n) is 4.14. The molecule has 1 nitrogen and oxygen atoms in total. The van der Waals surface area contributed by atoms with Crippen LogP contribution < -0.4 is 51.4 Å². The Hall–Kier alpha value is 1.16. The van der Waals surface area contributed by atoms with Crippen molar-refractivity contribution in [2.24, 2.45) is 5.41 Å². The molecule has 0 amide bonds. The van der Waals surface area contributed by atoms with E-state index >= 15 is 0 Å². The Bertz CT molecular complexity index is 214. The normalized spacial score (nSPS) is 27.2. The molecule has 1 aliphatic rings. The minimum Gasteiger partial charge on any atom is -0.449 e. The van der Waals surface area contributed by atoms with Crippen LogP contribution in [0.15, 0.2) is 0 Å². The van der Waals surface area contributed by atoms with Gasteiger partial charge in [-0.15, -0.1) is 0 Å². The Morgan fingerprint density at radius 1 is 1.38 bits per heavy atom. The zero-order valence-electron chi connectivity index (χ0n) is 8.11. The van der Waals surface area contributed by atoms with Crippen molar-refractivity contribution in [3.63, 3.8) is 0 Å². The molecule has 0 heterocycles. The fourth-order valence-electron chi connectivity index (χ4n) is 1.88. The van der Waals surface area contributed by atoms with Crippen molar-refractivity contribution >= 4 is 12.8 Å². The third-order valence-corrected chi connectivity index (χ3v) is 2.56. The number of hydrogen-bond donors (Lipinski definition) is 0. The van der Waals surface area contributed by atoms with Gasteiger partial charge in [-0.25, -0.2) is 0 Å². The van der Waals surface area contributed by atoms with Gasteiger partial charge in [0.1, 0.15) is 5.78 Å². The smallest absolute Gasteiger partial charge is 0.449 e. The molecule has 70 valence electrons. The zero-order valence-corrected chi connectivity index (χ0v) is 11.2. The fourth-order valence-corrected chi connectivity index (χ4v) is 1.88. The molecule has 13 heavy (non-hydrogen) atoms. The van der Waals surface area contributed by atoms with Crippen molar-refractivity contribution in [3.8, 4) is 0 Å². The van der Waals surface area contributed by atoms with E-state index in [9.17, 15) is 17.7 Å². The summed E-state index contributed by atoms with van der Waals surface area (Å²) in [6.45, 7) is -1.83. The molecule has 6 heteroatoms. The second kappa shape index (κ2) is 4.35. The summed E-state index contributed by atoms with van der Waals surface area (Å²) in [5.41, 5.74) is -0.880. The van der Waals surface area contributed by atoms with Crippen LogP contribution in [0, 0.1) is 5.41 Å².